The average Bonchev–Trinajstić information content (AvgIpc) is 2.34. The van der Waals surface area contributed by atoms with Gasteiger partial charge in [0, 0.05) is 44.9 Å². The summed E-state index contributed by atoms with van der Waals surface area (Å²) in [6, 6.07) is 1.04. The molecule has 1 atom stereocenters. The summed E-state index contributed by atoms with van der Waals surface area (Å²) in [7, 11) is 0. The zero-order chi connectivity index (χ0) is 13.8. The Kier molecular flexibility index (Phi) is 11.8. The molecule has 0 heterocycles. The highest BCUT2D eigenvalue weighted by atomic mass is 16.5. The van der Waals surface area contributed by atoms with Crippen LogP contribution < -0.4 is 5.32 Å². The van der Waals surface area contributed by atoms with Crippen LogP contribution in [0, 0.1) is 0 Å². The molecule has 18 heavy (non-hydrogen) atoms. The molecule has 0 radical (unpaired) electrons. The molecule has 110 valence electrons. The van der Waals surface area contributed by atoms with Gasteiger partial charge in [-0.15, -0.1) is 0 Å². The van der Waals surface area contributed by atoms with Crippen molar-refractivity contribution in [3.8, 4) is 0 Å². The Labute approximate surface area is 113 Å². The number of hydrogen-bond acceptors (Lipinski definition) is 4. The molecule has 0 bridgehead atoms. The highest BCUT2D eigenvalue weighted by Gasteiger charge is 2.13. The predicted octanol–water partition coefficient (Wildman–Crippen LogP) is 1.75. The largest absolute Gasteiger partial charge is 0.380 e. The third kappa shape index (κ3) is 9.83. The topological polar surface area (TPSA) is 33.7 Å². The van der Waals surface area contributed by atoms with E-state index < -0.39 is 0 Å². The van der Waals surface area contributed by atoms with E-state index in [1.807, 2.05) is 13.8 Å². The molecule has 0 spiro atoms. The van der Waals surface area contributed by atoms with Crippen molar-refractivity contribution in [1.29, 1.82) is 0 Å². The minimum Gasteiger partial charge on any atom is -0.380 e. The van der Waals surface area contributed by atoms with Gasteiger partial charge in [0.2, 0.25) is 0 Å². The summed E-state index contributed by atoms with van der Waals surface area (Å²) in [4.78, 5) is 2.43. The first-order valence-electron chi connectivity index (χ1n) is 7.24. The smallest absolute Gasteiger partial charge is 0.0593 e. The van der Waals surface area contributed by atoms with E-state index in [-0.39, 0.29) is 0 Å². The van der Waals surface area contributed by atoms with Crippen LogP contribution in [0.4, 0.5) is 0 Å². The van der Waals surface area contributed by atoms with Gasteiger partial charge in [0.15, 0.2) is 0 Å². The van der Waals surface area contributed by atoms with E-state index in [1.54, 1.807) is 0 Å². The van der Waals surface area contributed by atoms with Gasteiger partial charge in [-0.25, -0.2) is 0 Å². The van der Waals surface area contributed by atoms with Crippen molar-refractivity contribution in [3.05, 3.63) is 0 Å². The Morgan fingerprint density at radius 1 is 0.944 bits per heavy atom. The molecule has 0 rings (SSSR count). The maximum absolute atomic E-state index is 5.44. The van der Waals surface area contributed by atoms with Crippen LogP contribution in [0.25, 0.3) is 0 Å². The molecule has 0 aliphatic carbocycles. The molecule has 0 aromatic rings. The van der Waals surface area contributed by atoms with Crippen molar-refractivity contribution in [3.63, 3.8) is 0 Å². The molecule has 0 saturated heterocycles. The molecular weight excluding hydrogens is 228 g/mol. The van der Waals surface area contributed by atoms with Crippen LogP contribution in [0.3, 0.4) is 0 Å². The molecule has 4 heteroatoms. The van der Waals surface area contributed by atoms with Gasteiger partial charge in [-0.2, -0.15) is 0 Å². The first-order valence-corrected chi connectivity index (χ1v) is 7.24. The summed E-state index contributed by atoms with van der Waals surface area (Å²) in [5.41, 5.74) is 0. The first-order chi connectivity index (χ1) is 8.61. The Hall–Kier alpha value is -0.160. The molecule has 0 aromatic heterocycles. The zero-order valence-electron chi connectivity index (χ0n) is 12.9. The normalized spacial score (nSPS) is 13.5. The summed E-state index contributed by atoms with van der Waals surface area (Å²) in [6.07, 6.45) is 0. The SMILES string of the molecule is CCOCCN(CCOCC)C(C)CNC(C)C. The van der Waals surface area contributed by atoms with Gasteiger partial charge in [-0.3, -0.25) is 4.90 Å². The Balaban J connectivity index is 3.98. The monoisotopic (exact) mass is 260 g/mol. The second kappa shape index (κ2) is 11.9. The maximum Gasteiger partial charge on any atom is 0.0593 e. The van der Waals surface area contributed by atoms with E-state index in [9.17, 15) is 0 Å². The Morgan fingerprint density at radius 2 is 1.44 bits per heavy atom. The quantitative estimate of drug-likeness (QED) is 0.542. The van der Waals surface area contributed by atoms with E-state index in [0.717, 1.165) is 46.1 Å². The minimum absolute atomic E-state index is 0.508. The molecule has 0 saturated carbocycles. The molecule has 4 nitrogen and oxygen atoms in total. The Bertz CT molecular complexity index is 167. The number of ether oxygens (including phenoxy) is 2. The van der Waals surface area contributed by atoms with Crippen LogP contribution >= 0.6 is 0 Å². The van der Waals surface area contributed by atoms with Crippen LogP contribution in [0.1, 0.15) is 34.6 Å². The van der Waals surface area contributed by atoms with Gasteiger partial charge in [0.1, 0.15) is 0 Å². The van der Waals surface area contributed by atoms with E-state index >= 15 is 0 Å². The molecule has 1 N–H and O–H groups in total. The second-order valence-electron chi connectivity index (χ2n) is 4.84. The molecule has 0 aliphatic heterocycles. The van der Waals surface area contributed by atoms with Crippen molar-refractivity contribution < 1.29 is 9.47 Å². The number of nitrogens with zero attached hydrogens (tertiary/aromatic N) is 1. The lowest BCUT2D eigenvalue weighted by molar-refractivity contribution is 0.0658. The summed E-state index contributed by atoms with van der Waals surface area (Å²) in [6.45, 7) is 16.8. The van der Waals surface area contributed by atoms with E-state index in [4.69, 9.17) is 9.47 Å². The average molecular weight is 260 g/mol. The van der Waals surface area contributed by atoms with E-state index in [2.05, 4.69) is 31.0 Å². The highest BCUT2D eigenvalue weighted by molar-refractivity contribution is 4.70. The van der Waals surface area contributed by atoms with E-state index in [0.29, 0.717) is 12.1 Å². The van der Waals surface area contributed by atoms with Crippen LogP contribution in [-0.2, 0) is 9.47 Å². The second-order valence-corrected chi connectivity index (χ2v) is 4.84. The molecule has 0 amide bonds. The minimum atomic E-state index is 0.508. The van der Waals surface area contributed by atoms with Gasteiger partial charge in [0.05, 0.1) is 13.2 Å². The lowest BCUT2D eigenvalue weighted by atomic mass is 10.2. The summed E-state index contributed by atoms with van der Waals surface area (Å²) in [5.74, 6) is 0. The fourth-order valence-electron chi connectivity index (χ4n) is 1.74. The summed E-state index contributed by atoms with van der Waals surface area (Å²) >= 11 is 0. The van der Waals surface area contributed by atoms with Crippen molar-refractivity contribution in [2.75, 3.05) is 46.1 Å². The van der Waals surface area contributed by atoms with Gasteiger partial charge in [-0.1, -0.05) is 13.8 Å². The summed E-state index contributed by atoms with van der Waals surface area (Å²) in [5, 5.41) is 3.48. The summed E-state index contributed by atoms with van der Waals surface area (Å²) < 4.78 is 10.9. The van der Waals surface area contributed by atoms with Gasteiger partial charge < -0.3 is 14.8 Å². The first kappa shape index (κ1) is 17.8. The van der Waals surface area contributed by atoms with Crippen molar-refractivity contribution >= 4 is 0 Å². The van der Waals surface area contributed by atoms with E-state index in [1.165, 1.54) is 0 Å². The number of hydrogen-bond donors (Lipinski definition) is 1. The van der Waals surface area contributed by atoms with Gasteiger partial charge >= 0.3 is 0 Å². The van der Waals surface area contributed by atoms with Crippen molar-refractivity contribution in [1.82, 2.24) is 10.2 Å². The highest BCUT2D eigenvalue weighted by Crippen LogP contribution is 1.99. The van der Waals surface area contributed by atoms with Crippen LogP contribution in [0.15, 0.2) is 0 Å². The Morgan fingerprint density at radius 3 is 1.83 bits per heavy atom. The lowest BCUT2D eigenvalue weighted by Crippen LogP contribution is -2.45. The fraction of sp³-hybridized carbons (Fsp3) is 1.00. The van der Waals surface area contributed by atoms with Crippen molar-refractivity contribution in [2.24, 2.45) is 0 Å². The van der Waals surface area contributed by atoms with Gasteiger partial charge in [0.25, 0.3) is 0 Å². The lowest BCUT2D eigenvalue weighted by Gasteiger charge is -2.29. The maximum atomic E-state index is 5.44. The third-order valence-electron chi connectivity index (χ3n) is 2.90. The standard InChI is InChI=1S/C14H32N2O2/c1-6-17-10-8-16(9-11-18-7-2)14(5)12-15-13(3)4/h13-15H,6-12H2,1-5H3. The fourth-order valence-corrected chi connectivity index (χ4v) is 1.74. The predicted molar refractivity (Wildman–Crippen MR) is 77.2 cm³/mol. The van der Waals surface area contributed by atoms with Crippen LogP contribution in [-0.4, -0.2) is 63.0 Å². The third-order valence-corrected chi connectivity index (χ3v) is 2.90. The molecule has 0 fully saturated rings. The molecule has 1 unspecified atom stereocenters. The van der Waals surface area contributed by atoms with Crippen LogP contribution in [0.2, 0.25) is 0 Å². The van der Waals surface area contributed by atoms with Crippen molar-refractivity contribution in [2.45, 2.75) is 46.7 Å². The molecule has 0 aliphatic rings. The zero-order valence-corrected chi connectivity index (χ0v) is 12.9. The number of rotatable bonds is 12. The molecule has 0 aromatic carbocycles. The van der Waals surface area contributed by atoms with Crippen LogP contribution in [0.5, 0.6) is 0 Å². The number of nitrogens with one attached hydrogen (secondary N) is 1. The molecular formula is C14H32N2O2. The van der Waals surface area contributed by atoms with Gasteiger partial charge in [-0.05, 0) is 20.8 Å².